The summed E-state index contributed by atoms with van der Waals surface area (Å²) in [6, 6.07) is 14.1. The van der Waals surface area contributed by atoms with E-state index in [0.29, 0.717) is 22.8 Å². The predicted octanol–water partition coefficient (Wildman–Crippen LogP) is 2.19. The summed E-state index contributed by atoms with van der Waals surface area (Å²) in [7, 11) is 1.58. The number of nitrogens with one attached hydrogen (secondary N) is 1. The molecular weight excluding hydrogens is 334 g/mol. The summed E-state index contributed by atoms with van der Waals surface area (Å²) in [5.74, 6) is 0.589. The lowest BCUT2D eigenvalue weighted by Gasteiger charge is -2.08. The Kier molecular flexibility index (Phi) is 5.02. The third-order valence-electron chi connectivity index (χ3n) is 3.65. The van der Waals surface area contributed by atoms with Crippen LogP contribution in [0.5, 0.6) is 5.75 Å². The van der Waals surface area contributed by atoms with Crippen LogP contribution in [0.15, 0.2) is 48.5 Å². The number of Topliss-reactive ketones (excluding diaryl/α,β-unsaturated/α-hetero) is 1. The number of methoxy groups -OCH3 is 1. The molecule has 26 heavy (non-hydrogen) atoms. The number of nitrogens with zero attached hydrogens (tertiary/aromatic N) is 4. The van der Waals surface area contributed by atoms with Crippen LogP contribution in [0.3, 0.4) is 0 Å². The van der Waals surface area contributed by atoms with E-state index in [4.69, 9.17) is 4.74 Å². The van der Waals surface area contributed by atoms with Gasteiger partial charge in [0.1, 0.15) is 12.3 Å². The number of carbonyl (C=O) groups is 2. The normalized spacial score (nSPS) is 10.4. The number of benzene rings is 2. The standard InChI is InChI=1S/C18H17N5O3/c1-12(24)15-8-3-4-9-16(15)19-17(25)11-23-21-18(20-22-23)13-6-5-7-14(10-13)26-2/h3-10H,11H2,1-2H3,(H,19,25). The van der Waals surface area contributed by atoms with Gasteiger partial charge >= 0.3 is 0 Å². The van der Waals surface area contributed by atoms with Crippen molar-refractivity contribution < 1.29 is 14.3 Å². The topological polar surface area (TPSA) is 99.0 Å². The first kappa shape index (κ1) is 17.3. The number of para-hydroxylation sites is 1. The fourth-order valence-electron chi connectivity index (χ4n) is 2.41. The second kappa shape index (κ2) is 7.56. The van der Waals surface area contributed by atoms with Crippen molar-refractivity contribution in [3.05, 3.63) is 54.1 Å². The molecule has 0 unspecified atom stereocenters. The molecule has 0 spiro atoms. The molecule has 132 valence electrons. The highest BCUT2D eigenvalue weighted by molar-refractivity contribution is 6.03. The first-order valence-electron chi connectivity index (χ1n) is 7.89. The predicted molar refractivity (Wildman–Crippen MR) is 94.9 cm³/mol. The van der Waals surface area contributed by atoms with Crippen molar-refractivity contribution in [3.63, 3.8) is 0 Å². The van der Waals surface area contributed by atoms with E-state index in [1.807, 2.05) is 18.2 Å². The fourth-order valence-corrected chi connectivity index (χ4v) is 2.41. The highest BCUT2D eigenvalue weighted by atomic mass is 16.5. The number of carbonyl (C=O) groups excluding carboxylic acids is 2. The van der Waals surface area contributed by atoms with E-state index in [1.165, 1.54) is 11.7 Å². The van der Waals surface area contributed by atoms with Gasteiger partial charge in [0.25, 0.3) is 0 Å². The molecule has 0 radical (unpaired) electrons. The lowest BCUT2D eigenvalue weighted by Crippen LogP contribution is -2.21. The van der Waals surface area contributed by atoms with Gasteiger partial charge in [-0.1, -0.05) is 24.3 Å². The smallest absolute Gasteiger partial charge is 0.248 e. The molecule has 0 aliphatic carbocycles. The van der Waals surface area contributed by atoms with Crippen LogP contribution in [-0.2, 0) is 11.3 Å². The molecule has 0 aliphatic heterocycles. The molecule has 1 aromatic heterocycles. The van der Waals surface area contributed by atoms with Crippen molar-refractivity contribution in [2.24, 2.45) is 0 Å². The fraction of sp³-hybridized carbons (Fsp3) is 0.167. The Morgan fingerprint density at radius 1 is 1.15 bits per heavy atom. The number of anilines is 1. The molecule has 8 heteroatoms. The van der Waals surface area contributed by atoms with Gasteiger partial charge in [-0.3, -0.25) is 9.59 Å². The van der Waals surface area contributed by atoms with E-state index >= 15 is 0 Å². The number of amides is 1. The van der Waals surface area contributed by atoms with Crippen molar-refractivity contribution in [1.82, 2.24) is 20.2 Å². The number of tetrazole rings is 1. The van der Waals surface area contributed by atoms with E-state index in [-0.39, 0.29) is 18.2 Å². The van der Waals surface area contributed by atoms with Gasteiger partial charge in [0.15, 0.2) is 5.78 Å². The van der Waals surface area contributed by atoms with E-state index in [9.17, 15) is 9.59 Å². The summed E-state index contributed by atoms with van der Waals surface area (Å²) < 4.78 is 5.17. The summed E-state index contributed by atoms with van der Waals surface area (Å²) in [6.07, 6.45) is 0. The van der Waals surface area contributed by atoms with Crippen LogP contribution in [0.25, 0.3) is 11.4 Å². The summed E-state index contributed by atoms with van der Waals surface area (Å²) in [4.78, 5) is 25.0. The third-order valence-corrected chi connectivity index (χ3v) is 3.65. The minimum Gasteiger partial charge on any atom is -0.497 e. The number of aromatic nitrogens is 4. The van der Waals surface area contributed by atoms with Crippen molar-refractivity contribution in [2.75, 3.05) is 12.4 Å². The minimum atomic E-state index is -0.353. The van der Waals surface area contributed by atoms with Crippen LogP contribution >= 0.6 is 0 Å². The molecule has 0 atom stereocenters. The summed E-state index contributed by atoms with van der Waals surface area (Å²) in [5.41, 5.74) is 1.64. The second-order valence-electron chi connectivity index (χ2n) is 5.53. The molecule has 0 aliphatic rings. The van der Waals surface area contributed by atoms with E-state index in [2.05, 4.69) is 20.7 Å². The molecule has 3 aromatic rings. The number of hydrogen-bond acceptors (Lipinski definition) is 6. The molecule has 1 heterocycles. The quantitative estimate of drug-likeness (QED) is 0.684. The van der Waals surface area contributed by atoms with Crippen LogP contribution in [0.1, 0.15) is 17.3 Å². The van der Waals surface area contributed by atoms with E-state index in [1.54, 1.807) is 37.4 Å². The first-order valence-corrected chi connectivity index (χ1v) is 7.89. The molecule has 0 saturated heterocycles. The van der Waals surface area contributed by atoms with Gasteiger partial charge in [-0.15, -0.1) is 10.2 Å². The Hall–Kier alpha value is -3.55. The summed E-state index contributed by atoms with van der Waals surface area (Å²) >= 11 is 0. The van der Waals surface area contributed by atoms with Crippen LogP contribution in [0.4, 0.5) is 5.69 Å². The SMILES string of the molecule is COc1cccc(-c2nnn(CC(=O)Nc3ccccc3C(C)=O)n2)c1. The zero-order chi connectivity index (χ0) is 18.5. The van der Waals surface area contributed by atoms with Crippen LogP contribution in [-0.4, -0.2) is 39.0 Å². The first-order chi connectivity index (χ1) is 12.6. The van der Waals surface area contributed by atoms with Crippen molar-refractivity contribution in [3.8, 4) is 17.1 Å². The highest BCUT2D eigenvalue weighted by Crippen LogP contribution is 2.20. The molecule has 1 amide bonds. The number of ether oxygens (including phenoxy) is 1. The van der Waals surface area contributed by atoms with Crippen molar-refractivity contribution in [1.29, 1.82) is 0 Å². The van der Waals surface area contributed by atoms with Gasteiger partial charge < -0.3 is 10.1 Å². The molecule has 1 N–H and O–H groups in total. The Morgan fingerprint density at radius 3 is 2.73 bits per heavy atom. The van der Waals surface area contributed by atoms with Gasteiger partial charge in [-0.2, -0.15) is 4.80 Å². The highest BCUT2D eigenvalue weighted by Gasteiger charge is 2.13. The maximum atomic E-state index is 12.2. The Bertz CT molecular complexity index is 951. The molecule has 2 aromatic carbocycles. The molecule has 0 fully saturated rings. The molecule has 0 bridgehead atoms. The van der Waals surface area contributed by atoms with Gasteiger partial charge in [0.2, 0.25) is 11.7 Å². The van der Waals surface area contributed by atoms with E-state index in [0.717, 1.165) is 5.56 Å². The van der Waals surface area contributed by atoms with Gasteiger partial charge in [-0.05, 0) is 36.4 Å². The van der Waals surface area contributed by atoms with Gasteiger partial charge in [0, 0.05) is 11.1 Å². The van der Waals surface area contributed by atoms with Gasteiger partial charge in [0.05, 0.1) is 12.8 Å². The summed E-state index contributed by atoms with van der Waals surface area (Å²) in [6.45, 7) is 1.33. The molecule has 8 nitrogen and oxygen atoms in total. The Labute approximate surface area is 149 Å². The number of ketones is 1. The van der Waals surface area contributed by atoms with Crippen LogP contribution in [0.2, 0.25) is 0 Å². The lowest BCUT2D eigenvalue weighted by atomic mass is 10.1. The monoisotopic (exact) mass is 351 g/mol. The largest absolute Gasteiger partial charge is 0.497 e. The Balaban J connectivity index is 1.71. The van der Waals surface area contributed by atoms with Crippen molar-refractivity contribution in [2.45, 2.75) is 13.5 Å². The average Bonchev–Trinajstić information content (AvgIpc) is 3.10. The second-order valence-corrected chi connectivity index (χ2v) is 5.53. The number of rotatable bonds is 6. The van der Waals surface area contributed by atoms with Crippen molar-refractivity contribution >= 4 is 17.4 Å². The minimum absolute atomic E-state index is 0.122. The van der Waals surface area contributed by atoms with E-state index < -0.39 is 0 Å². The molecule has 3 rings (SSSR count). The lowest BCUT2D eigenvalue weighted by molar-refractivity contribution is -0.117. The third kappa shape index (κ3) is 3.92. The maximum absolute atomic E-state index is 12.2. The summed E-state index contributed by atoms with van der Waals surface area (Å²) in [5, 5.41) is 14.8. The maximum Gasteiger partial charge on any atom is 0.248 e. The zero-order valence-corrected chi connectivity index (χ0v) is 14.3. The average molecular weight is 351 g/mol. The van der Waals surface area contributed by atoms with Crippen LogP contribution < -0.4 is 10.1 Å². The van der Waals surface area contributed by atoms with Gasteiger partial charge in [-0.25, -0.2) is 0 Å². The zero-order valence-electron chi connectivity index (χ0n) is 14.3. The Morgan fingerprint density at radius 2 is 1.96 bits per heavy atom. The molecule has 0 saturated carbocycles. The number of hydrogen-bond donors (Lipinski definition) is 1. The molecular formula is C18H17N5O3. The van der Waals surface area contributed by atoms with Crippen LogP contribution in [0, 0.1) is 0 Å².